The molecule has 3 aromatic heterocycles. The summed E-state index contributed by atoms with van der Waals surface area (Å²) in [6, 6.07) is 5.42. The van der Waals surface area contributed by atoms with Gasteiger partial charge in [0.2, 0.25) is 0 Å². The molecule has 1 aromatic carbocycles. The lowest BCUT2D eigenvalue weighted by Crippen LogP contribution is -1.96. The maximum Gasteiger partial charge on any atom is 0.122 e. The van der Waals surface area contributed by atoms with Crippen LogP contribution < -0.4 is 0 Å². The molecule has 0 aliphatic rings. The normalized spacial score (nSPS) is 11.5. The summed E-state index contributed by atoms with van der Waals surface area (Å²) >= 11 is 0. The van der Waals surface area contributed by atoms with Crippen molar-refractivity contribution in [3.63, 3.8) is 0 Å². The smallest absolute Gasteiger partial charge is 0.122 e. The van der Waals surface area contributed by atoms with Crippen LogP contribution in [-0.4, -0.2) is 24.9 Å². The Balaban J connectivity index is 0.000000396. The van der Waals surface area contributed by atoms with Crippen LogP contribution in [0.3, 0.4) is 0 Å². The highest BCUT2D eigenvalue weighted by Gasteiger charge is 2.11. The second-order valence-corrected chi connectivity index (χ2v) is 7.63. The number of pyridine rings is 1. The van der Waals surface area contributed by atoms with Crippen LogP contribution in [-0.2, 0) is 6.42 Å². The van der Waals surface area contributed by atoms with Crippen molar-refractivity contribution < 1.29 is 4.39 Å². The van der Waals surface area contributed by atoms with Crippen LogP contribution in [0.2, 0.25) is 0 Å². The minimum atomic E-state index is -1.02. The Morgan fingerprint density at radius 2 is 1.69 bits per heavy atom. The third-order valence-electron chi connectivity index (χ3n) is 4.99. The number of aromatic nitrogens is 5. The van der Waals surface area contributed by atoms with E-state index < -0.39 is 6.17 Å². The number of aryl methyl sites for hydroxylation is 1. The number of imidazole rings is 1. The van der Waals surface area contributed by atoms with Crippen molar-refractivity contribution in [2.45, 2.75) is 79.8 Å². The molecule has 0 spiro atoms. The molecule has 6 heteroatoms. The number of H-pyrrole nitrogens is 1. The van der Waals surface area contributed by atoms with Crippen LogP contribution in [0.4, 0.5) is 4.39 Å². The fraction of sp³-hybridized carbons (Fsp3) is 0.462. The van der Waals surface area contributed by atoms with Gasteiger partial charge in [0.25, 0.3) is 0 Å². The van der Waals surface area contributed by atoms with Crippen LogP contribution >= 0.6 is 0 Å². The molecule has 5 nitrogen and oxygen atoms in total. The predicted octanol–water partition coefficient (Wildman–Crippen LogP) is 7.44. The molecule has 32 heavy (non-hydrogen) atoms. The van der Waals surface area contributed by atoms with E-state index in [1.54, 1.807) is 24.7 Å². The summed E-state index contributed by atoms with van der Waals surface area (Å²) in [6.07, 6.45) is 10.3. The number of nitrogens with zero attached hydrogens (tertiary/aromatic N) is 4. The lowest BCUT2D eigenvalue weighted by Gasteiger charge is -2.04. The van der Waals surface area contributed by atoms with Crippen molar-refractivity contribution in [3.8, 4) is 0 Å². The lowest BCUT2D eigenvalue weighted by molar-refractivity contribution is 0.374. The van der Waals surface area contributed by atoms with Gasteiger partial charge in [0.05, 0.1) is 34.1 Å². The topological polar surface area (TPSA) is 67.3 Å². The Hall–Kier alpha value is -2.89. The Bertz CT molecular complexity index is 1080. The average Bonchev–Trinajstić information content (AvgIpc) is 3.23. The summed E-state index contributed by atoms with van der Waals surface area (Å²) in [4.78, 5) is 21.0. The highest BCUT2D eigenvalue weighted by molar-refractivity contribution is 6.02. The van der Waals surface area contributed by atoms with Gasteiger partial charge in [0.15, 0.2) is 0 Å². The van der Waals surface area contributed by atoms with E-state index in [9.17, 15) is 4.39 Å². The summed E-state index contributed by atoms with van der Waals surface area (Å²) < 4.78 is 13.6. The number of aromatic amines is 1. The van der Waals surface area contributed by atoms with E-state index in [1.165, 1.54) is 32.6 Å². The molecule has 4 rings (SSSR count). The van der Waals surface area contributed by atoms with E-state index in [2.05, 4.69) is 38.8 Å². The number of halogens is 1. The molecule has 1 atom stereocenters. The van der Waals surface area contributed by atoms with Crippen LogP contribution in [0.1, 0.15) is 89.2 Å². The largest absolute Gasteiger partial charge is 0.340 e. The molecular weight excluding hydrogens is 401 g/mol. The van der Waals surface area contributed by atoms with Gasteiger partial charge in [-0.2, -0.15) is 0 Å². The average molecular weight is 438 g/mol. The number of unbranched alkanes of at least 4 members (excludes halogenated alkanes) is 3. The molecule has 172 valence electrons. The second kappa shape index (κ2) is 12.8. The Kier molecular flexibility index (Phi) is 10.2. The van der Waals surface area contributed by atoms with Gasteiger partial charge in [-0.05, 0) is 31.5 Å². The molecule has 0 fully saturated rings. The molecule has 3 heterocycles. The first-order chi connectivity index (χ1) is 15.5. The summed E-state index contributed by atoms with van der Waals surface area (Å²) in [5.74, 6) is 0.788. The maximum absolute atomic E-state index is 13.6. The van der Waals surface area contributed by atoms with Crippen molar-refractivity contribution in [1.29, 1.82) is 0 Å². The third-order valence-corrected chi connectivity index (χ3v) is 4.99. The number of hydrogen-bond acceptors (Lipinski definition) is 4. The van der Waals surface area contributed by atoms with Crippen LogP contribution in [0, 0.1) is 6.92 Å². The molecule has 0 saturated heterocycles. The highest BCUT2D eigenvalue weighted by Crippen LogP contribution is 2.26. The molecule has 1 unspecified atom stereocenters. The zero-order valence-electron chi connectivity index (χ0n) is 20.2. The van der Waals surface area contributed by atoms with Gasteiger partial charge < -0.3 is 4.98 Å². The van der Waals surface area contributed by atoms with Crippen LogP contribution in [0.25, 0.3) is 21.9 Å². The minimum absolute atomic E-state index is 0.558. The van der Waals surface area contributed by atoms with Gasteiger partial charge in [0.1, 0.15) is 12.0 Å². The van der Waals surface area contributed by atoms with E-state index in [-0.39, 0.29) is 0 Å². The SMILES string of the molecule is CC.CCCCCC.Cc1cnc(Cc2nc3c(cnc4ccc(C(C)F)cc43)[nH]2)cn1. The first-order valence-electron chi connectivity index (χ1n) is 11.7. The summed E-state index contributed by atoms with van der Waals surface area (Å²) in [6.45, 7) is 11.9. The monoisotopic (exact) mass is 437 g/mol. The van der Waals surface area contributed by atoms with Gasteiger partial charge in [-0.1, -0.05) is 59.4 Å². The van der Waals surface area contributed by atoms with E-state index in [1.807, 2.05) is 32.9 Å². The molecule has 4 aromatic rings. The first kappa shape index (κ1) is 25.4. The maximum atomic E-state index is 13.6. The fourth-order valence-corrected chi connectivity index (χ4v) is 3.24. The Morgan fingerprint density at radius 1 is 0.969 bits per heavy atom. The molecule has 0 aliphatic heterocycles. The fourth-order valence-electron chi connectivity index (χ4n) is 3.24. The van der Waals surface area contributed by atoms with E-state index >= 15 is 0 Å². The van der Waals surface area contributed by atoms with Crippen molar-refractivity contribution in [2.24, 2.45) is 0 Å². The molecule has 0 bridgehead atoms. The number of rotatable bonds is 6. The molecular formula is C26H36FN5. The minimum Gasteiger partial charge on any atom is -0.340 e. The molecule has 1 N–H and O–H groups in total. The number of fused-ring (bicyclic) bond motifs is 3. The van der Waals surface area contributed by atoms with Gasteiger partial charge in [-0.3, -0.25) is 15.0 Å². The highest BCUT2D eigenvalue weighted by atomic mass is 19.1. The Morgan fingerprint density at radius 3 is 2.28 bits per heavy atom. The summed E-state index contributed by atoms with van der Waals surface area (Å²) in [5, 5.41) is 0.854. The van der Waals surface area contributed by atoms with Crippen LogP contribution in [0.5, 0.6) is 0 Å². The van der Waals surface area contributed by atoms with Gasteiger partial charge >= 0.3 is 0 Å². The van der Waals surface area contributed by atoms with Crippen molar-refractivity contribution in [3.05, 3.63) is 59.6 Å². The van der Waals surface area contributed by atoms with Crippen molar-refractivity contribution in [2.75, 3.05) is 0 Å². The first-order valence-corrected chi connectivity index (χ1v) is 11.7. The Labute approximate surface area is 190 Å². The molecule has 0 amide bonds. The molecule has 0 radical (unpaired) electrons. The van der Waals surface area contributed by atoms with E-state index in [0.29, 0.717) is 12.0 Å². The van der Waals surface area contributed by atoms with E-state index in [0.717, 1.165) is 39.1 Å². The number of benzene rings is 1. The second-order valence-electron chi connectivity index (χ2n) is 7.63. The molecule has 0 saturated carbocycles. The van der Waals surface area contributed by atoms with Crippen molar-refractivity contribution >= 4 is 21.9 Å². The quantitative estimate of drug-likeness (QED) is 0.318. The number of hydrogen-bond donors (Lipinski definition) is 1. The van der Waals surface area contributed by atoms with E-state index in [4.69, 9.17) is 0 Å². The third kappa shape index (κ3) is 6.81. The van der Waals surface area contributed by atoms with Gasteiger partial charge in [-0.25, -0.2) is 9.37 Å². The lowest BCUT2D eigenvalue weighted by atomic mass is 10.1. The standard InChI is InChI=1S/C18H16FN5.C6H14.C2H6/c1-10-7-21-13(8-20-10)6-17-23-16-9-22-15-4-3-12(11(2)19)5-14(15)18(16)24-17;1-3-5-6-4-2;1-2/h3-5,7-9,11H,6H2,1-2H3,(H,23,24);3-6H2,1-2H3;1-2H3. The predicted molar refractivity (Wildman–Crippen MR) is 132 cm³/mol. The van der Waals surface area contributed by atoms with Crippen molar-refractivity contribution in [1.82, 2.24) is 24.9 Å². The van der Waals surface area contributed by atoms with Gasteiger partial charge in [0, 0.05) is 24.2 Å². The zero-order chi connectivity index (χ0) is 23.5. The summed E-state index contributed by atoms with van der Waals surface area (Å²) in [5.41, 5.74) is 4.80. The zero-order valence-corrected chi connectivity index (χ0v) is 20.2. The number of alkyl halides is 1. The van der Waals surface area contributed by atoms with Crippen LogP contribution in [0.15, 0.2) is 36.8 Å². The summed E-state index contributed by atoms with van der Waals surface area (Å²) in [7, 11) is 0. The number of nitrogens with one attached hydrogen (secondary N) is 1. The molecule has 0 aliphatic carbocycles. The van der Waals surface area contributed by atoms with Gasteiger partial charge in [-0.15, -0.1) is 0 Å².